The first-order valence-electron chi connectivity index (χ1n) is 5.99. The number of ether oxygens (including phenoxy) is 2. The Kier molecular flexibility index (Phi) is 4.43. The number of nitrogens with two attached hydrogens (primary N) is 1. The van der Waals surface area contributed by atoms with Gasteiger partial charge in [-0.1, -0.05) is 6.07 Å². The van der Waals surface area contributed by atoms with Crippen LogP contribution in [-0.4, -0.2) is 14.2 Å². The first kappa shape index (κ1) is 13.5. The lowest BCUT2D eigenvalue weighted by Crippen LogP contribution is -2.30. The summed E-state index contributed by atoms with van der Waals surface area (Å²) in [6.07, 6.45) is 2.25. The molecule has 102 valence electrons. The van der Waals surface area contributed by atoms with Gasteiger partial charge in [0.1, 0.15) is 17.3 Å². The molecule has 0 aliphatic heterocycles. The van der Waals surface area contributed by atoms with Gasteiger partial charge in [0.2, 0.25) is 0 Å². The summed E-state index contributed by atoms with van der Waals surface area (Å²) in [5.74, 6) is 7.97. The van der Waals surface area contributed by atoms with Crippen LogP contribution in [0.5, 0.6) is 11.5 Å². The van der Waals surface area contributed by atoms with Crippen LogP contribution in [0.25, 0.3) is 0 Å². The number of hydrogen-bond acceptors (Lipinski definition) is 5. The lowest BCUT2D eigenvalue weighted by molar-refractivity contribution is 0.365. The molecular weight excluding hydrogens is 244 g/mol. The molecule has 2 aromatic rings. The summed E-state index contributed by atoms with van der Waals surface area (Å²) >= 11 is 0. The van der Waals surface area contributed by atoms with Crippen LogP contribution < -0.4 is 20.7 Å². The second kappa shape index (κ2) is 6.26. The molecule has 0 aliphatic rings. The first-order valence-corrected chi connectivity index (χ1v) is 5.99. The fourth-order valence-electron chi connectivity index (χ4n) is 2.10. The number of methoxy groups -OCH3 is 2. The van der Waals surface area contributed by atoms with Crippen LogP contribution >= 0.6 is 0 Å². The van der Waals surface area contributed by atoms with Gasteiger partial charge < -0.3 is 13.9 Å². The fourth-order valence-corrected chi connectivity index (χ4v) is 2.10. The molecule has 1 unspecified atom stereocenters. The molecular formula is C14H18N2O3. The number of nitrogens with one attached hydrogen (secondary N) is 1. The summed E-state index contributed by atoms with van der Waals surface area (Å²) in [6.45, 7) is 0. The molecule has 0 fully saturated rings. The quantitative estimate of drug-likeness (QED) is 0.616. The average Bonchev–Trinajstić information content (AvgIpc) is 2.97. The standard InChI is InChI=1S/C14H18N2O3/c1-17-12-6-3-7-13(18-2)14(12)11(16-15)9-10-5-4-8-19-10/h3-8,11,16H,9,15H2,1-2H3. The molecule has 5 nitrogen and oxygen atoms in total. The van der Waals surface area contributed by atoms with E-state index in [4.69, 9.17) is 19.7 Å². The van der Waals surface area contributed by atoms with Crippen molar-refractivity contribution in [1.29, 1.82) is 0 Å². The van der Waals surface area contributed by atoms with Gasteiger partial charge in [-0.2, -0.15) is 0 Å². The average molecular weight is 262 g/mol. The molecule has 1 heterocycles. The normalized spacial score (nSPS) is 12.2. The molecule has 19 heavy (non-hydrogen) atoms. The number of furan rings is 1. The van der Waals surface area contributed by atoms with Crippen molar-refractivity contribution >= 4 is 0 Å². The highest BCUT2D eigenvalue weighted by molar-refractivity contribution is 5.47. The van der Waals surface area contributed by atoms with E-state index in [0.717, 1.165) is 22.8 Å². The third-order valence-corrected chi connectivity index (χ3v) is 3.00. The van der Waals surface area contributed by atoms with E-state index < -0.39 is 0 Å². The molecule has 2 rings (SSSR count). The Bertz CT molecular complexity index is 489. The highest BCUT2D eigenvalue weighted by atomic mass is 16.5. The second-order valence-electron chi connectivity index (χ2n) is 4.08. The molecule has 0 bridgehead atoms. The number of hydrazine groups is 1. The highest BCUT2D eigenvalue weighted by Gasteiger charge is 2.21. The molecule has 1 aromatic carbocycles. The molecule has 0 saturated heterocycles. The predicted octanol–water partition coefficient (Wildman–Crippen LogP) is 2.04. The van der Waals surface area contributed by atoms with E-state index in [1.165, 1.54) is 0 Å². The maximum absolute atomic E-state index is 5.67. The van der Waals surface area contributed by atoms with E-state index in [2.05, 4.69) is 5.43 Å². The van der Waals surface area contributed by atoms with Gasteiger partial charge in [-0.05, 0) is 24.3 Å². The molecule has 1 aromatic heterocycles. The van der Waals surface area contributed by atoms with Gasteiger partial charge in [-0.25, -0.2) is 0 Å². The maximum Gasteiger partial charge on any atom is 0.127 e. The second-order valence-corrected chi connectivity index (χ2v) is 4.08. The lowest BCUT2D eigenvalue weighted by atomic mass is 10.0. The summed E-state index contributed by atoms with van der Waals surface area (Å²) in [7, 11) is 3.25. The highest BCUT2D eigenvalue weighted by Crippen LogP contribution is 2.35. The van der Waals surface area contributed by atoms with Crippen molar-refractivity contribution in [2.75, 3.05) is 14.2 Å². The summed E-state index contributed by atoms with van der Waals surface area (Å²) in [5.41, 5.74) is 3.67. The van der Waals surface area contributed by atoms with Crippen molar-refractivity contribution in [1.82, 2.24) is 5.43 Å². The van der Waals surface area contributed by atoms with Crippen LogP contribution in [0, 0.1) is 0 Å². The van der Waals surface area contributed by atoms with Crippen LogP contribution in [-0.2, 0) is 6.42 Å². The van der Waals surface area contributed by atoms with Crippen molar-refractivity contribution < 1.29 is 13.9 Å². The zero-order chi connectivity index (χ0) is 13.7. The minimum absolute atomic E-state index is 0.155. The Morgan fingerprint density at radius 3 is 2.32 bits per heavy atom. The minimum Gasteiger partial charge on any atom is -0.496 e. The molecule has 0 radical (unpaired) electrons. The van der Waals surface area contributed by atoms with Gasteiger partial charge >= 0.3 is 0 Å². The van der Waals surface area contributed by atoms with Gasteiger partial charge in [0.05, 0.1) is 32.1 Å². The van der Waals surface area contributed by atoms with Crippen molar-refractivity contribution in [2.45, 2.75) is 12.5 Å². The van der Waals surface area contributed by atoms with Crippen molar-refractivity contribution in [3.05, 3.63) is 47.9 Å². The maximum atomic E-state index is 5.67. The van der Waals surface area contributed by atoms with E-state index in [0.29, 0.717) is 6.42 Å². The van der Waals surface area contributed by atoms with Crippen LogP contribution in [0.3, 0.4) is 0 Å². The van der Waals surface area contributed by atoms with Gasteiger partial charge in [0, 0.05) is 6.42 Å². The Morgan fingerprint density at radius 1 is 1.16 bits per heavy atom. The third kappa shape index (κ3) is 2.89. The van der Waals surface area contributed by atoms with Crippen LogP contribution in [0.2, 0.25) is 0 Å². The van der Waals surface area contributed by atoms with Crippen molar-refractivity contribution in [2.24, 2.45) is 5.84 Å². The monoisotopic (exact) mass is 262 g/mol. The zero-order valence-corrected chi connectivity index (χ0v) is 11.1. The lowest BCUT2D eigenvalue weighted by Gasteiger charge is -2.20. The SMILES string of the molecule is COc1cccc(OC)c1C(Cc1ccco1)NN. The molecule has 0 aliphatic carbocycles. The molecule has 3 N–H and O–H groups in total. The largest absolute Gasteiger partial charge is 0.496 e. The number of rotatable bonds is 6. The van der Waals surface area contributed by atoms with Crippen LogP contribution in [0.15, 0.2) is 41.0 Å². The summed E-state index contributed by atoms with van der Waals surface area (Å²) in [6, 6.07) is 9.24. The van der Waals surface area contributed by atoms with E-state index >= 15 is 0 Å². The summed E-state index contributed by atoms with van der Waals surface area (Å²) in [5, 5.41) is 0. The van der Waals surface area contributed by atoms with Gasteiger partial charge in [0.15, 0.2) is 0 Å². The smallest absolute Gasteiger partial charge is 0.127 e. The predicted molar refractivity (Wildman–Crippen MR) is 72.0 cm³/mol. The Morgan fingerprint density at radius 2 is 1.84 bits per heavy atom. The molecule has 0 saturated carbocycles. The number of hydrogen-bond donors (Lipinski definition) is 2. The van der Waals surface area contributed by atoms with E-state index in [-0.39, 0.29) is 6.04 Å². The molecule has 0 amide bonds. The van der Waals surface area contributed by atoms with E-state index in [1.807, 2.05) is 30.3 Å². The Hall–Kier alpha value is -1.98. The van der Waals surface area contributed by atoms with Gasteiger partial charge in [-0.15, -0.1) is 0 Å². The summed E-state index contributed by atoms with van der Waals surface area (Å²) < 4.78 is 16.1. The topological polar surface area (TPSA) is 69.7 Å². The fraction of sp³-hybridized carbons (Fsp3) is 0.286. The molecule has 0 spiro atoms. The van der Waals surface area contributed by atoms with Crippen LogP contribution in [0.1, 0.15) is 17.4 Å². The van der Waals surface area contributed by atoms with Crippen molar-refractivity contribution in [3.63, 3.8) is 0 Å². The Labute approximate surface area is 112 Å². The molecule has 1 atom stereocenters. The summed E-state index contributed by atoms with van der Waals surface area (Å²) in [4.78, 5) is 0. The van der Waals surface area contributed by atoms with Gasteiger partial charge in [0.25, 0.3) is 0 Å². The van der Waals surface area contributed by atoms with Gasteiger partial charge in [-0.3, -0.25) is 11.3 Å². The number of benzene rings is 1. The van der Waals surface area contributed by atoms with E-state index in [9.17, 15) is 0 Å². The van der Waals surface area contributed by atoms with E-state index in [1.54, 1.807) is 20.5 Å². The van der Waals surface area contributed by atoms with Crippen molar-refractivity contribution in [3.8, 4) is 11.5 Å². The van der Waals surface area contributed by atoms with Crippen LogP contribution in [0.4, 0.5) is 0 Å². The minimum atomic E-state index is -0.155. The Balaban J connectivity index is 2.36. The first-order chi connectivity index (χ1) is 9.30. The zero-order valence-electron chi connectivity index (χ0n) is 11.1. The third-order valence-electron chi connectivity index (χ3n) is 3.00. The molecule has 5 heteroatoms.